The highest BCUT2D eigenvalue weighted by atomic mass is 16.3. The van der Waals surface area contributed by atoms with Gasteiger partial charge in [-0.25, -0.2) is 4.98 Å². The van der Waals surface area contributed by atoms with Gasteiger partial charge in [-0.1, -0.05) is 136 Å². The average molecular weight is 646 g/mol. The van der Waals surface area contributed by atoms with Gasteiger partial charge in [0.1, 0.15) is 17.0 Å². The van der Waals surface area contributed by atoms with Crippen molar-refractivity contribution in [2.45, 2.75) is 26.2 Å². The predicted molar refractivity (Wildman–Crippen MR) is 207 cm³/mol. The summed E-state index contributed by atoms with van der Waals surface area (Å²) >= 11 is 0. The number of aromatic nitrogens is 3. The summed E-state index contributed by atoms with van der Waals surface area (Å²) in [6.45, 7) is 6.62. The van der Waals surface area contributed by atoms with Gasteiger partial charge in [-0.05, 0) is 69.8 Å². The number of nitrogens with zero attached hydrogens (tertiary/aromatic N) is 3. The van der Waals surface area contributed by atoms with Crippen molar-refractivity contribution >= 4 is 33.0 Å². The van der Waals surface area contributed by atoms with Crippen molar-refractivity contribution < 1.29 is 4.42 Å². The van der Waals surface area contributed by atoms with Crippen molar-refractivity contribution in [2.75, 3.05) is 0 Å². The van der Waals surface area contributed by atoms with Gasteiger partial charge in [0.05, 0.1) is 22.3 Å². The van der Waals surface area contributed by atoms with Crippen molar-refractivity contribution in [3.05, 3.63) is 164 Å². The van der Waals surface area contributed by atoms with Crippen molar-refractivity contribution in [3.8, 4) is 50.5 Å². The van der Waals surface area contributed by atoms with Crippen LogP contribution in [-0.2, 0) is 5.41 Å². The Labute approximate surface area is 291 Å². The Balaban J connectivity index is 1.20. The van der Waals surface area contributed by atoms with Gasteiger partial charge in [0.15, 0.2) is 0 Å². The first-order valence-electron chi connectivity index (χ1n) is 17.1. The molecule has 0 aliphatic heterocycles. The molecule has 0 saturated carbocycles. The van der Waals surface area contributed by atoms with E-state index in [1.165, 1.54) is 22.3 Å². The first kappa shape index (κ1) is 29.8. The van der Waals surface area contributed by atoms with Crippen LogP contribution in [0.25, 0.3) is 83.4 Å². The quantitative estimate of drug-likeness (QED) is 0.187. The maximum Gasteiger partial charge on any atom is 0.149 e. The van der Waals surface area contributed by atoms with E-state index < -0.39 is 0 Å². The van der Waals surface area contributed by atoms with Crippen LogP contribution in [0.15, 0.2) is 162 Å². The molecule has 4 nitrogen and oxygen atoms in total. The molecule has 0 saturated heterocycles. The molecule has 0 amide bonds. The Morgan fingerprint density at radius 3 is 1.76 bits per heavy atom. The van der Waals surface area contributed by atoms with E-state index in [2.05, 4.69) is 159 Å². The summed E-state index contributed by atoms with van der Waals surface area (Å²) in [6.07, 6.45) is 1.87. The third-order valence-corrected chi connectivity index (χ3v) is 9.57. The second-order valence-electron chi connectivity index (χ2n) is 13.9. The highest BCUT2D eigenvalue weighted by Gasteiger charge is 2.26. The highest BCUT2D eigenvalue weighted by molar-refractivity contribution is 6.10. The van der Waals surface area contributed by atoms with Gasteiger partial charge < -0.3 is 4.42 Å². The summed E-state index contributed by atoms with van der Waals surface area (Å²) in [4.78, 5) is 10.2. The molecule has 0 N–H and O–H groups in total. The van der Waals surface area contributed by atoms with E-state index in [-0.39, 0.29) is 5.41 Å². The normalized spacial score (nSPS) is 11.9. The Morgan fingerprint density at radius 1 is 0.540 bits per heavy atom. The predicted octanol–water partition coefficient (Wildman–Crippen LogP) is 12.3. The Hall–Kier alpha value is -6.26. The minimum absolute atomic E-state index is 0.195. The molecule has 0 atom stereocenters. The van der Waals surface area contributed by atoms with E-state index in [1.807, 2.05) is 24.4 Å². The van der Waals surface area contributed by atoms with Gasteiger partial charge in [0.25, 0.3) is 0 Å². The lowest BCUT2D eigenvalue weighted by Crippen LogP contribution is -2.15. The molecule has 0 unspecified atom stereocenters. The minimum atomic E-state index is -0.195. The van der Waals surface area contributed by atoms with Crippen molar-refractivity contribution in [1.29, 1.82) is 0 Å². The van der Waals surface area contributed by atoms with E-state index in [0.29, 0.717) is 0 Å². The van der Waals surface area contributed by atoms with E-state index in [4.69, 9.17) is 14.4 Å². The van der Waals surface area contributed by atoms with E-state index >= 15 is 0 Å². The topological polar surface area (TPSA) is 43.9 Å². The lowest BCUT2D eigenvalue weighted by atomic mass is 9.90. The molecule has 9 aromatic rings. The number of pyridine rings is 1. The number of imidazole rings is 1. The van der Waals surface area contributed by atoms with E-state index in [9.17, 15) is 0 Å². The first-order chi connectivity index (χ1) is 24.4. The van der Waals surface area contributed by atoms with Crippen LogP contribution in [0.3, 0.4) is 0 Å². The Bertz CT molecular complexity index is 2640. The third kappa shape index (κ3) is 5.08. The largest absolute Gasteiger partial charge is 0.455 e. The highest BCUT2D eigenvalue weighted by Crippen LogP contribution is 2.41. The maximum absolute atomic E-state index is 6.79. The third-order valence-electron chi connectivity index (χ3n) is 9.57. The van der Waals surface area contributed by atoms with Crippen molar-refractivity contribution in [1.82, 2.24) is 14.5 Å². The molecule has 4 heteroatoms. The fraction of sp³-hybridized carbons (Fsp3) is 0.0870. The molecular weight excluding hydrogens is 611 g/mol. The van der Waals surface area contributed by atoms with Crippen LogP contribution < -0.4 is 0 Å². The molecule has 0 fully saturated rings. The molecule has 0 aliphatic carbocycles. The second kappa shape index (κ2) is 11.7. The Morgan fingerprint density at radius 2 is 1.12 bits per heavy atom. The summed E-state index contributed by atoms with van der Waals surface area (Å²) in [5.41, 5.74) is 13.4. The number of benzene rings is 6. The van der Waals surface area contributed by atoms with Crippen LogP contribution in [-0.4, -0.2) is 14.5 Å². The second-order valence-corrected chi connectivity index (χ2v) is 13.9. The zero-order valence-corrected chi connectivity index (χ0v) is 28.3. The molecule has 50 heavy (non-hydrogen) atoms. The summed E-state index contributed by atoms with van der Waals surface area (Å²) < 4.78 is 9.05. The molecule has 0 bridgehead atoms. The standard InChI is InChI=1S/C46H35N3O/c1-46(2,3)44-42-40(27-28-47-44)48-45(49(42)36-24-21-33(22-25-36)31-13-8-5-9-14-31)39-16-10-15-38-37-26-23-35(29-41(37)50-43(38)39)34-19-17-32(18-20-34)30-11-6-4-7-12-30/h4-29H,1-3H3. The summed E-state index contributed by atoms with van der Waals surface area (Å²) in [5.74, 6) is 0.826. The van der Waals surface area contributed by atoms with Crippen LogP contribution in [0.1, 0.15) is 26.5 Å². The summed E-state index contributed by atoms with van der Waals surface area (Å²) in [6, 6.07) is 53.3. The number of fused-ring (bicyclic) bond motifs is 4. The molecule has 0 radical (unpaired) electrons. The van der Waals surface area contributed by atoms with Crippen LogP contribution >= 0.6 is 0 Å². The van der Waals surface area contributed by atoms with Gasteiger partial charge in [-0.15, -0.1) is 0 Å². The molecule has 0 aliphatic rings. The molecule has 240 valence electrons. The van der Waals surface area contributed by atoms with Crippen molar-refractivity contribution in [2.24, 2.45) is 0 Å². The van der Waals surface area contributed by atoms with Gasteiger partial charge in [-0.2, -0.15) is 0 Å². The number of hydrogen-bond acceptors (Lipinski definition) is 3. The molecular formula is C46H35N3O. The summed E-state index contributed by atoms with van der Waals surface area (Å²) in [7, 11) is 0. The fourth-order valence-corrected chi connectivity index (χ4v) is 7.08. The van der Waals surface area contributed by atoms with E-state index in [1.54, 1.807) is 0 Å². The molecule has 3 aromatic heterocycles. The van der Waals surface area contributed by atoms with Gasteiger partial charge in [-0.3, -0.25) is 9.55 Å². The number of hydrogen-bond donors (Lipinski definition) is 0. The molecule has 9 rings (SSSR count). The zero-order valence-electron chi connectivity index (χ0n) is 28.3. The monoisotopic (exact) mass is 645 g/mol. The van der Waals surface area contributed by atoms with Gasteiger partial charge in [0.2, 0.25) is 0 Å². The maximum atomic E-state index is 6.79. The zero-order chi connectivity index (χ0) is 33.8. The molecule has 6 aromatic carbocycles. The molecule has 3 heterocycles. The number of furan rings is 1. The van der Waals surface area contributed by atoms with Gasteiger partial charge in [0, 0.05) is 28.1 Å². The number of rotatable bonds is 5. The first-order valence-corrected chi connectivity index (χ1v) is 17.1. The van der Waals surface area contributed by atoms with Gasteiger partial charge >= 0.3 is 0 Å². The lowest BCUT2D eigenvalue weighted by Gasteiger charge is -2.20. The summed E-state index contributed by atoms with van der Waals surface area (Å²) in [5, 5.41) is 2.15. The van der Waals surface area contributed by atoms with E-state index in [0.717, 1.165) is 66.9 Å². The van der Waals surface area contributed by atoms with Crippen LogP contribution in [0.5, 0.6) is 0 Å². The molecule has 0 spiro atoms. The fourth-order valence-electron chi connectivity index (χ4n) is 7.08. The van der Waals surface area contributed by atoms with Crippen LogP contribution in [0, 0.1) is 0 Å². The minimum Gasteiger partial charge on any atom is -0.455 e. The lowest BCUT2D eigenvalue weighted by molar-refractivity contribution is 0.573. The Kier molecular flexibility index (Phi) is 6.99. The van der Waals surface area contributed by atoms with Crippen molar-refractivity contribution in [3.63, 3.8) is 0 Å². The van der Waals surface area contributed by atoms with Crippen LogP contribution in [0.4, 0.5) is 0 Å². The SMILES string of the molecule is CC(C)(C)c1nccc2nc(-c3cccc4c3oc3cc(-c5ccc(-c6ccccc6)cc5)ccc34)n(-c3ccc(-c4ccccc4)cc3)c12. The average Bonchev–Trinajstić information content (AvgIpc) is 3.74. The number of para-hydroxylation sites is 1. The van der Waals surface area contributed by atoms with Crippen LogP contribution in [0.2, 0.25) is 0 Å². The smallest absolute Gasteiger partial charge is 0.149 e.